The lowest BCUT2D eigenvalue weighted by atomic mass is 10.0. The lowest BCUT2D eigenvalue weighted by molar-refractivity contribution is 0.387. The highest BCUT2D eigenvalue weighted by molar-refractivity contribution is 5.32. The largest absolute Gasteiger partial charge is 0.324 e. The molecule has 0 atom stereocenters. The third-order valence-corrected chi connectivity index (χ3v) is 3.27. The minimum atomic E-state index is -0.203. The Hall–Kier alpha value is -1.61. The summed E-state index contributed by atoms with van der Waals surface area (Å²) in [4.78, 5) is 0. The van der Waals surface area contributed by atoms with Crippen LogP contribution >= 0.6 is 0 Å². The molecule has 20 heavy (non-hydrogen) atoms. The van der Waals surface area contributed by atoms with Crippen molar-refractivity contribution in [2.75, 3.05) is 6.54 Å². The third kappa shape index (κ3) is 5.57. The molecule has 2 rings (SSSR count). The first kappa shape index (κ1) is 16.4. The minimum Gasteiger partial charge on any atom is -0.324 e. The molecule has 0 aliphatic carbocycles. The summed E-state index contributed by atoms with van der Waals surface area (Å²) in [7, 11) is 0. The SMILES string of the molecule is CCNC(C)(C)CC.Fc1ccc(-n2cccc2)cc1. The van der Waals surface area contributed by atoms with Crippen LogP contribution in [0, 0.1) is 5.82 Å². The van der Waals surface area contributed by atoms with E-state index in [0.717, 1.165) is 12.2 Å². The first-order valence-electron chi connectivity index (χ1n) is 7.12. The van der Waals surface area contributed by atoms with E-state index in [9.17, 15) is 4.39 Å². The summed E-state index contributed by atoms with van der Waals surface area (Å²) < 4.78 is 14.4. The van der Waals surface area contributed by atoms with Crippen LogP contribution < -0.4 is 5.32 Å². The molecule has 1 aromatic heterocycles. The molecule has 0 aliphatic heterocycles. The Kier molecular flexibility index (Phi) is 6.46. The van der Waals surface area contributed by atoms with Crippen LogP contribution in [0.2, 0.25) is 0 Å². The van der Waals surface area contributed by atoms with Crippen LogP contribution in [0.15, 0.2) is 48.8 Å². The van der Waals surface area contributed by atoms with E-state index in [1.54, 1.807) is 12.1 Å². The number of nitrogens with one attached hydrogen (secondary N) is 1. The van der Waals surface area contributed by atoms with Gasteiger partial charge in [0.05, 0.1) is 0 Å². The van der Waals surface area contributed by atoms with Crippen LogP contribution in [0.25, 0.3) is 5.69 Å². The zero-order valence-corrected chi connectivity index (χ0v) is 12.9. The third-order valence-electron chi connectivity index (χ3n) is 3.27. The molecule has 2 nitrogen and oxygen atoms in total. The van der Waals surface area contributed by atoms with E-state index in [1.807, 2.05) is 29.1 Å². The number of aromatic nitrogens is 1. The van der Waals surface area contributed by atoms with E-state index in [2.05, 4.69) is 33.0 Å². The molecule has 0 bridgehead atoms. The number of hydrogen-bond acceptors (Lipinski definition) is 1. The number of nitrogens with zero attached hydrogens (tertiary/aromatic N) is 1. The summed E-state index contributed by atoms with van der Waals surface area (Å²) in [5.74, 6) is -0.203. The van der Waals surface area contributed by atoms with Gasteiger partial charge in [0.15, 0.2) is 0 Å². The van der Waals surface area contributed by atoms with Gasteiger partial charge < -0.3 is 9.88 Å². The van der Waals surface area contributed by atoms with Crippen LogP contribution in [0.1, 0.15) is 34.1 Å². The predicted octanol–water partition coefficient (Wildman–Crippen LogP) is 4.40. The summed E-state index contributed by atoms with van der Waals surface area (Å²) in [6.07, 6.45) is 5.04. The molecule has 1 heterocycles. The molecular formula is C17H25FN2. The quantitative estimate of drug-likeness (QED) is 0.875. The lowest BCUT2D eigenvalue weighted by Gasteiger charge is -2.23. The molecule has 2 aromatic rings. The molecule has 0 saturated heterocycles. The highest BCUT2D eigenvalue weighted by Crippen LogP contribution is 2.08. The minimum absolute atomic E-state index is 0.203. The van der Waals surface area contributed by atoms with Crippen LogP contribution in [-0.2, 0) is 0 Å². The van der Waals surface area contributed by atoms with Gasteiger partial charge in [-0.2, -0.15) is 0 Å². The lowest BCUT2D eigenvalue weighted by Crippen LogP contribution is -2.37. The van der Waals surface area contributed by atoms with Gasteiger partial charge in [0.25, 0.3) is 0 Å². The van der Waals surface area contributed by atoms with E-state index in [-0.39, 0.29) is 5.82 Å². The maximum absolute atomic E-state index is 12.5. The summed E-state index contributed by atoms with van der Waals surface area (Å²) >= 11 is 0. The second kappa shape index (κ2) is 7.85. The van der Waals surface area contributed by atoms with E-state index < -0.39 is 0 Å². The van der Waals surface area contributed by atoms with E-state index in [1.165, 1.54) is 18.6 Å². The Labute approximate surface area is 121 Å². The zero-order valence-electron chi connectivity index (χ0n) is 12.9. The normalized spacial score (nSPS) is 10.8. The van der Waals surface area contributed by atoms with Crippen molar-refractivity contribution < 1.29 is 4.39 Å². The smallest absolute Gasteiger partial charge is 0.123 e. The van der Waals surface area contributed by atoms with Crippen molar-refractivity contribution in [3.63, 3.8) is 0 Å². The Morgan fingerprint density at radius 3 is 2.00 bits per heavy atom. The molecule has 1 aromatic carbocycles. The number of halogens is 1. The van der Waals surface area contributed by atoms with E-state index >= 15 is 0 Å². The molecule has 0 fully saturated rings. The first-order valence-corrected chi connectivity index (χ1v) is 7.12. The first-order chi connectivity index (χ1) is 9.48. The summed E-state index contributed by atoms with van der Waals surface area (Å²) in [6, 6.07) is 10.3. The van der Waals surface area contributed by atoms with Crippen LogP contribution in [0.3, 0.4) is 0 Å². The Bertz CT molecular complexity index is 472. The van der Waals surface area contributed by atoms with Crippen LogP contribution in [0.4, 0.5) is 4.39 Å². The fraction of sp³-hybridized carbons (Fsp3) is 0.412. The second-order valence-corrected chi connectivity index (χ2v) is 5.33. The van der Waals surface area contributed by atoms with Crippen molar-refractivity contribution >= 4 is 0 Å². The molecule has 0 amide bonds. The van der Waals surface area contributed by atoms with Crippen molar-refractivity contribution in [2.45, 2.75) is 39.7 Å². The van der Waals surface area contributed by atoms with Gasteiger partial charge in [-0.15, -0.1) is 0 Å². The van der Waals surface area contributed by atoms with Crippen molar-refractivity contribution in [2.24, 2.45) is 0 Å². The molecular weight excluding hydrogens is 251 g/mol. The monoisotopic (exact) mass is 276 g/mol. The van der Waals surface area contributed by atoms with Gasteiger partial charge in [-0.3, -0.25) is 0 Å². The fourth-order valence-corrected chi connectivity index (χ4v) is 1.72. The molecule has 0 unspecified atom stereocenters. The molecule has 3 heteroatoms. The van der Waals surface area contributed by atoms with Gasteiger partial charge >= 0.3 is 0 Å². The van der Waals surface area contributed by atoms with Gasteiger partial charge in [0.1, 0.15) is 5.82 Å². The standard InChI is InChI=1S/C10H8FN.C7H17N/c11-9-3-5-10(6-4-9)12-7-1-2-8-12;1-5-7(3,4)8-6-2/h1-8H;8H,5-6H2,1-4H3. The van der Waals surface area contributed by atoms with Gasteiger partial charge in [0, 0.05) is 23.6 Å². The average Bonchev–Trinajstić information content (AvgIpc) is 2.94. The zero-order chi connectivity index (χ0) is 15.0. The number of benzene rings is 1. The van der Waals surface area contributed by atoms with Crippen LogP contribution in [0.5, 0.6) is 0 Å². The molecule has 0 saturated carbocycles. The summed E-state index contributed by atoms with van der Waals surface area (Å²) in [5.41, 5.74) is 1.32. The predicted molar refractivity (Wildman–Crippen MR) is 83.8 cm³/mol. The van der Waals surface area contributed by atoms with E-state index in [0.29, 0.717) is 5.54 Å². The van der Waals surface area contributed by atoms with Gasteiger partial charge in [0.2, 0.25) is 0 Å². The molecule has 0 radical (unpaired) electrons. The Balaban J connectivity index is 0.000000221. The van der Waals surface area contributed by atoms with Gasteiger partial charge in [-0.05, 0) is 63.2 Å². The number of hydrogen-bond donors (Lipinski definition) is 1. The summed E-state index contributed by atoms with van der Waals surface area (Å²) in [6.45, 7) is 9.84. The molecule has 1 N–H and O–H groups in total. The second-order valence-electron chi connectivity index (χ2n) is 5.33. The van der Waals surface area contributed by atoms with Crippen molar-refractivity contribution in [3.8, 4) is 5.69 Å². The topological polar surface area (TPSA) is 17.0 Å². The number of rotatable bonds is 4. The Morgan fingerprint density at radius 1 is 1.05 bits per heavy atom. The van der Waals surface area contributed by atoms with Gasteiger partial charge in [-0.1, -0.05) is 13.8 Å². The Morgan fingerprint density at radius 2 is 1.60 bits per heavy atom. The maximum Gasteiger partial charge on any atom is 0.123 e. The van der Waals surface area contributed by atoms with Crippen molar-refractivity contribution in [3.05, 3.63) is 54.6 Å². The fourth-order valence-electron chi connectivity index (χ4n) is 1.72. The average molecular weight is 276 g/mol. The van der Waals surface area contributed by atoms with Crippen molar-refractivity contribution in [1.82, 2.24) is 9.88 Å². The van der Waals surface area contributed by atoms with E-state index in [4.69, 9.17) is 0 Å². The van der Waals surface area contributed by atoms with Crippen LogP contribution in [-0.4, -0.2) is 16.7 Å². The molecule has 0 aliphatic rings. The summed E-state index contributed by atoms with van der Waals surface area (Å²) in [5, 5.41) is 3.37. The maximum atomic E-state index is 12.5. The highest BCUT2D eigenvalue weighted by Gasteiger charge is 2.10. The van der Waals surface area contributed by atoms with Crippen molar-refractivity contribution in [1.29, 1.82) is 0 Å². The highest BCUT2D eigenvalue weighted by atomic mass is 19.1. The molecule has 0 spiro atoms. The molecule has 110 valence electrons. The van der Waals surface area contributed by atoms with Gasteiger partial charge in [-0.25, -0.2) is 4.39 Å².